The number of rotatable bonds is 8. The van der Waals surface area contributed by atoms with Crippen molar-refractivity contribution in [2.45, 2.75) is 32.4 Å². The molecule has 16 heteroatoms. The Labute approximate surface area is 342 Å². The predicted molar refractivity (Wildman–Crippen MR) is 231 cm³/mol. The smallest absolute Gasteiger partial charge is 0.329 e. The summed E-state index contributed by atoms with van der Waals surface area (Å²) in [6.07, 6.45) is 0.806. The Morgan fingerprint density at radius 1 is 0.700 bits per heavy atom. The topological polar surface area (TPSA) is 248 Å². The number of aliphatic carboxylic acids is 1. The predicted octanol–water partition coefficient (Wildman–Crippen LogP) is 7.18. The van der Waals surface area contributed by atoms with Gasteiger partial charge in [-0.2, -0.15) is 0 Å². The number of aliphatic imine (C=N–C) groups is 1. The minimum absolute atomic E-state index is 0.0109. The average molecular weight is 841 g/mol. The number of phenolic OH excluding ortho intramolecular Hbond substituents is 7. The highest BCUT2D eigenvalue weighted by molar-refractivity contribution is 8.15. The number of carboxylic acids is 1. The third-order valence-electron chi connectivity index (χ3n) is 11.9. The van der Waals surface area contributed by atoms with Gasteiger partial charge in [0.15, 0.2) is 16.9 Å². The molecule has 2 heterocycles. The molecule has 0 amide bonds. The minimum atomic E-state index is -1.00. The maximum Gasteiger partial charge on any atom is 0.329 e. The second-order valence-electron chi connectivity index (χ2n) is 15.2. The van der Waals surface area contributed by atoms with E-state index in [1.807, 2.05) is 0 Å². The van der Waals surface area contributed by atoms with Gasteiger partial charge in [-0.15, -0.1) is 23.1 Å². The van der Waals surface area contributed by atoms with Gasteiger partial charge in [-0.05, 0) is 65.9 Å². The zero-order chi connectivity index (χ0) is 41.8. The molecule has 1 unspecified atom stereocenters. The van der Waals surface area contributed by atoms with Crippen molar-refractivity contribution < 1.29 is 50.4 Å². The van der Waals surface area contributed by atoms with Crippen molar-refractivity contribution in [3.05, 3.63) is 78.5 Å². The Kier molecular flexibility index (Phi) is 7.44. The first-order chi connectivity index (χ1) is 28.8. The number of hydrogen-bond donors (Lipinski definition) is 8. The van der Waals surface area contributed by atoms with Crippen molar-refractivity contribution in [1.29, 1.82) is 0 Å². The lowest BCUT2D eigenvalue weighted by atomic mass is 9.77. The van der Waals surface area contributed by atoms with Crippen LogP contribution >= 0.6 is 23.1 Å². The lowest BCUT2D eigenvalue weighted by Gasteiger charge is -2.26. The van der Waals surface area contributed by atoms with Gasteiger partial charge in [0, 0.05) is 73.1 Å². The van der Waals surface area contributed by atoms with E-state index in [2.05, 4.69) is 9.98 Å². The first kappa shape index (κ1) is 36.2. The quantitative estimate of drug-likeness (QED) is 0.0429. The lowest BCUT2D eigenvalue weighted by molar-refractivity contribution is -0.137. The Morgan fingerprint density at radius 3 is 1.88 bits per heavy atom. The highest BCUT2D eigenvalue weighted by Gasteiger charge is 2.34. The number of nitrogens with zero attached hydrogens (tertiary/aromatic N) is 2. The molecular formula is C44H28N2O12S2. The number of aromatic hydroxyl groups is 7. The minimum Gasteiger partial charge on any atom is -0.508 e. The van der Waals surface area contributed by atoms with E-state index in [0.29, 0.717) is 61.6 Å². The second-order valence-corrected chi connectivity index (χ2v) is 17.2. The summed E-state index contributed by atoms with van der Waals surface area (Å²) in [6.45, 7) is 1.74. The van der Waals surface area contributed by atoms with Crippen molar-refractivity contribution in [2.24, 2.45) is 4.99 Å². The standard InChI is InChI=1S/C44H28N2O12S2/c1-13-7-19(48)29-33-25(13)26-14(11-58-6-2-3-15-18(47)5-4-16-41(15)60-43(45-16)42-46-17(12-59-42)44(56)57)8-20(49)30-34(26)38-36-28(22(51)10-24(53)32(36)40(30)55)27-21(50)9-23(52)31(39(29)54)35(27)37(33)38/h4-5,7-10,17,47,50-55H,2-3,6,11-12H2,1H3,(H,56,57). The second kappa shape index (κ2) is 12.3. The number of aryl methyl sites for hydroxylation is 2. The van der Waals surface area contributed by atoms with Crippen LogP contribution in [0.3, 0.4) is 0 Å². The largest absolute Gasteiger partial charge is 0.508 e. The van der Waals surface area contributed by atoms with Crippen LogP contribution in [0.2, 0.25) is 0 Å². The monoisotopic (exact) mass is 840 g/mol. The van der Waals surface area contributed by atoms with E-state index in [-0.39, 0.29) is 83.6 Å². The van der Waals surface area contributed by atoms with Crippen molar-refractivity contribution in [1.82, 2.24) is 4.98 Å². The molecule has 8 N–H and O–H groups in total. The number of benzene rings is 9. The summed E-state index contributed by atoms with van der Waals surface area (Å²) in [5, 5.41) is 91.8. The summed E-state index contributed by atoms with van der Waals surface area (Å²) < 4.78 is 6.97. The molecular weight excluding hydrogens is 813 g/mol. The lowest BCUT2D eigenvalue weighted by Crippen LogP contribution is -2.17. The zero-order valence-electron chi connectivity index (χ0n) is 31.0. The van der Waals surface area contributed by atoms with Crippen molar-refractivity contribution in [3.63, 3.8) is 0 Å². The van der Waals surface area contributed by atoms with Crippen LogP contribution in [-0.4, -0.2) is 75.3 Å². The van der Waals surface area contributed by atoms with Crippen LogP contribution in [0.5, 0.6) is 40.2 Å². The molecule has 0 saturated carbocycles. The Bertz CT molecular complexity index is 3710. The molecule has 9 aromatic carbocycles. The Balaban J connectivity index is 1.08. The number of phenols is 7. The number of carbonyl (C=O) groups is 1. The van der Waals surface area contributed by atoms with Crippen molar-refractivity contribution in [3.8, 4) is 40.2 Å². The van der Waals surface area contributed by atoms with Crippen LogP contribution in [0.4, 0.5) is 0 Å². The van der Waals surface area contributed by atoms with Gasteiger partial charge in [0.25, 0.3) is 0 Å². The molecule has 1 aliphatic heterocycles. The van der Waals surface area contributed by atoms with E-state index in [9.17, 15) is 55.2 Å². The Morgan fingerprint density at radius 2 is 1.27 bits per heavy atom. The fourth-order valence-corrected chi connectivity index (χ4v) is 11.7. The van der Waals surface area contributed by atoms with Gasteiger partial charge in [-0.25, -0.2) is 9.78 Å². The van der Waals surface area contributed by atoms with Gasteiger partial charge >= 0.3 is 5.97 Å². The van der Waals surface area contributed by atoms with Gasteiger partial charge in [0.2, 0.25) is 0 Å². The molecule has 298 valence electrons. The van der Waals surface area contributed by atoms with E-state index in [1.165, 1.54) is 35.2 Å². The molecule has 1 aromatic heterocycles. The Hall–Kier alpha value is -6.88. The number of thiazole rings is 1. The number of fused-ring (bicyclic) bond motifs is 3. The summed E-state index contributed by atoms with van der Waals surface area (Å²) in [5.74, 6) is -3.78. The molecule has 0 saturated heterocycles. The first-order valence-corrected chi connectivity index (χ1v) is 20.5. The molecule has 0 aliphatic carbocycles. The number of carboxylic acid groups (broad SMARTS) is 1. The maximum atomic E-state index is 14.2. The number of hydrogen-bond acceptors (Lipinski definition) is 15. The van der Waals surface area contributed by atoms with Crippen LogP contribution in [0.25, 0.3) is 85.6 Å². The summed E-state index contributed by atoms with van der Waals surface area (Å²) in [6, 6.07) is 7.04. The van der Waals surface area contributed by atoms with Crippen LogP contribution in [0.15, 0.2) is 51.0 Å². The number of ether oxygens (including phenoxy) is 1. The molecule has 0 fully saturated rings. The van der Waals surface area contributed by atoms with E-state index < -0.39 is 57.4 Å². The van der Waals surface area contributed by atoms with E-state index in [0.717, 1.165) is 16.8 Å². The van der Waals surface area contributed by atoms with Gasteiger partial charge in [0.1, 0.15) is 50.3 Å². The molecule has 0 spiro atoms. The van der Waals surface area contributed by atoms with Gasteiger partial charge in [-0.1, -0.05) is 0 Å². The molecule has 60 heavy (non-hydrogen) atoms. The highest BCUT2D eigenvalue weighted by atomic mass is 32.2. The summed E-state index contributed by atoms with van der Waals surface area (Å²) in [4.78, 5) is 48.5. The van der Waals surface area contributed by atoms with Crippen molar-refractivity contribution >= 4 is 120 Å². The molecule has 11 rings (SSSR count). The highest BCUT2D eigenvalue weighted by Crippen LogP contribution is 2.60. The van der Waals surface area contributed by atoms with Gasteiger partial charge in [0.05, 0.1) is 38.4 Å². The van der Waals surface area contributed by atoms with Crippen molar-refractivity contribution in [2.75, 3.05) is 12.4 Å². The third kappa shape index (κ3) is 4.60. The fourth-order valence-electron chi connectivity index (χ4n) is 9.50. The SMILES string of the molecule is Cc1cc(=O)c2c(O)c3c(O)cc(O)c4c5c(O)cc(O)c6c(O)c7c(=O)cc(COCCCc8c(O)ccc9nc(C%10=NC(C(=O)O)CS%10)sc89)c8c1c2c(c34)c(c65)c78. The molecule has 10 aromatic rings. The molecule has 1 atom stereocenters. The molecule has 1 aliphatic rings. The van der Waals surface area contributed by atoms with Crippen LogP contribution in [0, 0.1) is 6.92 Å². The van der Waals surface area contributed by atoms with E-state index in [4.69, 9.17) is 4.74 Å². The fraction of sp³-hybridized carbons (Fsp3) is 0.159. The number of thioether (sulfide) groups is 1. The van der Waals surface area contributed by atoms with Gasteiger partial charge in [-0.3, -0.25) is 14.6 Å². The van der Waals surface area contributed by atoms with Gasteiger partial charge < -0.3 is 45.6 Å². The first-order valence-electron chi connectivity index (χ1n) is 18.7. The van der Waals surface area contributed by atoms with E-state index >= 15 is 0 Å². The third-order valence-corrected chi connectivity index (χ3v) is 14.2. The molecule has 0 radical (unpaired) electrons. The number of aromatic nitrogens is 1. The average Bonchev–Trinajstić information content (AvgIpc) is 3.86. The zero-order valence-corrected chi connectivity index (χ0v) is 32.6. The van der Waals surface area contributed by atoms with Crippen LogP contribution in [0.1, 0.15) is 28.1 Å². The normalized spacial score (nSPS) is 14.9. The van der Waals surface area contributed by atoms with Crippen LogP contribution < -0.4 is 10.9 Å². The summed E-state index contributed by atoms with van der Waals surface area (Å²) in [5.41, 5.74) is 0.970. The summed E-state index contributed by atoms with van der Waals surface area (Å²) >= 11 is 2.64. The summed E-state index contributed by atoms with van der Waals surface area (Å²) in [7, 11) is 0. The molecule has 14 nitrogen and oxygen atoms in total. The maximum absolute atomic E-state index is 14.2. The molecule has 0 bridgehead atoms. The van der Waals surface area contributed by atoms with Crippen LogP contribution in [-0.2, 0) is 22.6 Å². The van der Waals surface area contributed by atoms with E-state index in [1.54, 1.807) is 19.1 Å².